The maximum Gasteiger partial charge on any atom is 0.163 e. The Bertz CT molecular complexity index is 454. The smallest absolute Gasteiger partial charge is 0.163 e. The summed E-state index contributed by atoms with van der Waals surface area (Å²) in [6.07, 6.45) is 9.23. The molecule has 0 aliphatic carbocycles. The van der Waals surface area contributed by atoms with Crippen molar-refractivity contribution in [3.63, 3.8) is 0 Å². The van der Waals surface area contributed by atoms with Crippen LogP contribution in [-0.4, -0.2) is 17.7 Å². The van der Waals surface area contributed by atoms with Crippen LogP contribution in [0.5, 0.6) is 0 Å². The van der Waals surface area contributed by atoms with Crippen molar-refractivity contribution in [3.05, 3.63) is 35.7 Å². The number of ketones is 1. The van der Waals surface area contributed by atoms with Crippen molar-refractivity contribution in [1.82, 2.24) is 4.90 Å². The number of carbonyl (C=O) groups is 1. The lowest BCUT2D eigenvalue weighted by atomic mass is 9.73. The van der Waals surface area contributed by atoms with E-state index in [9.17, 15) is 4.79 Å². The highest BCUT2D eigenvalue weighted by atomic mass is 16.1. The molecule has 1 heterocycles. The van der Waals surface area contributed by atoms with Gasteiger partial charge < -0.3 is 4.90 Å². The first kappa shape index (κ1) is 17.7. The average Bonchev–Trinajstić information content (AvgIpc) is 2.43. The zero-order valence-electron chi connectivity index (χ0n) is 14.7. The number of carbonyl (C=O) groups excluding carboxylic acids is 1. The lowest BCUT2D eigenvalue weighted by Crippen LogP contribution is -2.30. The van der Waals surface area contributed by atoms with E-state index in [0.717, 1.165) is 17.7 Å². The van der Waals surface area contributed by atoms with Gasteiger partial charge >= 0.3 is 0 Å². The van der Waals surface area contributed by atoms with Gasteiger partial charge in [-0.2, -0.15) is 0 Å². The monoisotopic (exact) mass is 289 g/mol. The molecule has 1 aliphatic heterocycles. The van der Waals surface area contributed by atoms with Crippen LogP contribution in [0.25, 0.3) is 0 Å². The molecule has 0 aromatic rings. The molecule has 118 valence electrons. The molecule has 0 saturated carbocycles. The molecule has 2 unspecified atom stereocenters. The SMILES string of the molecule is CCC(C)C(C(C(=O)C(C)C)=C1C=CC=CN1C)C(C)C. The Hall–Kier alpha value is -1.31. The fourth-order valence-corrected chi connectivity index (χ4v) is 3.10. The first-order valence-corrected chi connectivity index (χ1v) is 8.17. The number of nitrogens with zero attached hydrogens (tertiary/aromatic N) is 1. The molecule has 0 aromatic heterocycles. The second-order valence-electron chi connectivity index (χ2n) is 6.78. The molecule has 0 aromatic carbocycles. The summed E-state index contributed by atoms with van der Waals surface area (Å²) in [5.41, 5.74) is 2.08. The minimum Gasteiger partial charge on any atom is -0.351 e. The van der Waals surface area contributed by atoms with E-state index < -0.39 is 0 Å². The second kappa shape index (κ2) is 7.63. The molecule has 0 spiro atoms. The molecule has 21 heavy (non-hydrogen) atoms. The maximum atomic E-state index is 12.9. The summed E-state index contributed by atoms with van der Waals surface area (Å²) in [6, 6.07) is 0. The van der Waals surface area contributed by atoms with Crippen LogP contribution in [0.3, 0.4) is 0 Å². The second-order valence-corrected chi connectivity index (χ2v) is 6.78. The highest BCUT2D eigenvalue weighted by Gasteiger charge is 2.32. The van der Waals surface area contributed by atoms with Gasteiger partial charge in [-0.15, -0.1) is 0 Å². The van der Waals surface area contributed by atoms with Crippen LogP contribution in [0.2, 0.25) is 0 Å². The van der Waals surface area contributed by atoms with E-state index in [0.29, 0.717) is 17.8 Å². The molecule has 0 N–H and O–H groups in total. The average molecular weight is 289 g/mol. The van der Waals surface area contributed by atoms with Crippen molar-refractivity contribution in [2.45, 2.75) is 48.0 Å². The molecule has 0 amide bonds. The van der Waals surface area contributed by atoms with Gasteiger partial charge in [-0.3, -0.25) is 4.79 Å². The lowest BCUT2D eigenvalue weighted by Gasteiger charge is -2.33. The van der Waals surface area contributed by atoms with Crippen LogP contribution in [0.4, 0.5) is 0 Å². The minimum atomic E-state index is 0.0329. The molecule has 0 saturated heterocycles. The number of Topliss-reactive ketones (excluding diaryl/α,β-unsaturated/α-hetero) is 1. The first-order chi connectivity index (χ1) is 9.81. The van der Waals surface area contributed by atoms with Crippen molar-refractivity contribution in [2.75, 3.05) is 7.05 Å². The van der Waals surface area contributed by atoms with E-state index in [4.69, 9.17) is 0 Å². The zero-order valence-corrected chi connectivity index (χ0v) is 14.7. The summed E-state index contributed by atoms with van der Waals surface area (Å²) in [6.45, 7) is 12.9. The Labute approximate surface area is 130 Å². The van der Waals surface area contributed by atoms with Gasteiger partial charge in [-0.25, -0.2) is 0 Å². The molecule has 2 atom stereocenters. The molecule has 1 rings (SSSR count). The summed E-state index contributed by atoms with van der Waals surface area (Å²) in [5, 5.41) is 0. The summed E-state index contributed by atoms with van der Waals surface area (Å²) >= 11 is 0. The number of hydrogen-bond donors (Lipinski definition) is 0. The molecule has 0 bridgehead atoms. The predicted octanol–water partition coefficient (Wildman–Crippen LogP) is 4.80. The summed E-state index contributed by atoms with van der Waals surface area (Å²) in [4.78, 5) is 15.0. The van der Waals surface area contributed by atoms with Crippen molar-refractivity contribution in [3.8, 4) is 0 Å². The Morgan fingerprint density at radius 1 is 1.14 bits per heavy atom. The van der Waals surface area contributed by atoms with Crippen molar-refractivity contribution in [1.29, 1.82) is 0 Å². The number of hydrogen-bond acceptors (Lipinski definition) is 2. The van der Waals surface area contributed by atoms with Crippen molar-refractivity contribution < 1.29 is 4.79 Å². The molecule has 2 nitrogen and oxygen atoms in total. The van der Waals surface area contributed by atoms with Gasteiger partial charge in [-0.05, 0) is 29.9 Å². The Morgan fingerprint density at radius 2 is 1.76 bits per heavy atom. The molecule has 0 radical (unpaired) electrons. The maximum absolute atomic E-state index is 12.9. The van der Waals surface area contributed by atoms with Crippen LogP contribution in [0, 0.1) is 23.7 Å². The van der Waals surface area contributed by atoms with Gasteiger partial charge in [0.15, 0.2) is 5.78 Å². The van der Waals surface area contributed by atoms with E-state index in [1.54, 1.807) is 0 Å². The van der Waals surface area contributed by atoms with Crippen LogP contribution in [-0.2, 0) is 4.79 Å². The highest BCUT2D eigenvalue weighted by molar-refractivity contribution is 5.98. The van der Waals surface area contributed by atoms with E-state index in [-0.39, 0.29) is 11.7 Å². The van der Waals surface area contributed by atoms with Crippen LogP contribution >= 0.6 is 0 Å². The topological polar surface area (TPSA) is 20.3 Å². The fourth-order valence-electron chi connectivity index (χ4n) is 3.10. The molecule has 0 fully saturated rings. The first-order valence-electron chi connectivity index (χ1n) is 8.17. The van der Waals surface area contributed by atoms with E-state index in [1.807, 2.05) is 39.2 Å². The number of allylic oxidation sites excluding steroid dienone is 4. The quantitative estimate of drug-likeness (QED) is 0.655. The number of likely N-dealkylation sites (N-methyl/N-ethyl adjacent to an activating group) is 1. The van der Waals surface area contributed by atoms with Gasteiger partial charge in [0.05, 0.1) is 0 Å². The Kier molecular flexibility index (Phi) is 6.44. The Balaban J connectivity index is 3.44. The fraction of sp³-hybridized carbons (Fsp3) is 0.632. The van der Waals surface area contributed by atoms with Gasteiger partial charge in [0.25, 0.3) is 0 Å². The van der Waals surface area contributed by atoms with Crippen molar-refractivity contribution >= 4 is 5.78 Å². The summed E-state index contributed by atoms with van der Waals surface area (Å²) in [7, 11) is 2.02. The molecular weight excluding hydrogens is 258 g/mol. The lowest BCUT2D eigenvalue weighted by molar-refractivity contribution is -0.119. The highest BCUT2D eigenvalue weighted by Crippen LogP contribution is 2.36. The van der Waals surface area contributed by atoms with Gasteiger partial charge in [0.1, 0.15) is 0 Å². The van der Waals surface area contributed by atoms with E-state index >= 15 is 0 Å². The number of rotatable bonds is 6. The van der Waals surface area contributed by atoms with Gasteiger partial charge in [0, 0.05) is 30.4 Å². The molecular formula is C19H31NO. The molecule has 2 heteroatoms. The normalized spacial score (nSPS) is 20.1. The van der Waals surface area contributed by atoms with Crippen LogP contribution in [0.15, 0.2) is 35.7 Å². The predicted molar refractivity (Wildman–Crippen MR) is 90.7 cm³/mol. The van der Waals surface area contributed by atoms with Crippen molar-refractivity contribution in [2.24, 2.45) is 23.7 Å². The molecule has 1 aliphatic rings. The van der Waals surface area contributed by atoms with Crippen LogP contribution in [0.1, 0.15) is 48.0 Å². The summed E-state index contributed by atoms with van der Waals surface area (Å²) < 4.78 is 0. The van der Waals surface area contributed by atoms with E-state index in [2.05, 4.69) is 38.7 Å². The minimum absolute atomic E-state index is 0.0329. The van der Waals surface area contributed by atoms with Gasteiger partial charge in [0.2, 0.25) is 0 Å². The van der Waals surface area contributed by atoms with Crippen LogP contribution < -0.4 is 0 Å². The third-order valence-electron chi connectivity index (χ3n) is 4.43. The standard InChI is InChI=1S/C19H31NO/c1-8-15(6)17(13(2)3)18(19(21)14(4)5)16-11-9-10-12-20(16)7/h9-15,17H,8H2,1-7H3. The third kappa shape index (κ3) is 4.09. The summed E-state index contributed by atoms with van der Waals surface area (Å²) in [5.74, 6) is 1.58. The van der Waals surface area contributed by atoms with E-state index in [1.165, 1.54) is 0 Å². The van der Waals surface area contributed by atoms with Gasteiger partial charge in [-0.1, -0.05) is 54.0 Å². The third-order valence-corrected chi connectivity index (χ3v) is 4.43. The largest absolute Gasteiger partial charge is 0.351 e. The Morgan fingerprint density at radius 3 is 2.19 bits per heavy atom. The zero-order chi connectivity index (χ0) is 16.2.